The monoisotopic (exact) mass is 231 g/mol. The summed E-state index contributed by atoms with van der Waals surface area (Å²) in [7, 11) is 1.27. The zero-order chi connectivity index (χ0) is 10.8. The van der Waals surface area contributed by atoms with Gasteiger partial charge in [-0.3, -0.25) is 0 Å². The van der Waals surface area contributed by atoms with Crippen molar-refractivity contribution < 1.29 is 13.2 Å². The predicted molar refractivity (Wildman–Crippen MR) is 50.5 cm³/mol. The molecule has 0 heterocycles. The van der Waals surface area contributed by atoms with E-state index in [0.717, 1.165) is 5.56 Å². The van der Waals surface area contributed by atoms with Gasteiger partial charge >= 0.3 is 0 Å². The van der Waals surface area contributed by atoms with Gasteiger partial charge in [-0.05, 0) is 24.6 Å². The minimum Gasteiger partial charge on any atom is -0.387 e. The quantitative estimate of drug-likeness (QED) is 0.575. The van der Waals surface area contributed by atoms with Crippen LogP contribution in [0.4, 0.5) is 0 Å². The molecule has 0 radical (unpaired) electrons. The fraction of sp³-hybridized carbons (Fsp3) is 0.125. The van der Waals surface area contributed by atoms with Crippen molar-refractivity contribution in [3.8, 4) is 12.0 Å². The van der Waals surface area contributed by atoms with Crippen LogP contribution in [-0.2, 0) is 9.05 Å². The van der Waals surface area contributed by atoms with Crippen molar-refractivity contribution in [3.63, 3.8) is 0 Å². The number of hydrogen-bond acceptors (Lipinski definition) is 4. The molecule has 0 spiro atoms. The van der Waals surface area contributed by atoms with E-state index in [-0.39, 0.29) is 10.6 Å². The Kier molecular flexibility index (Phi) is 2.99. The second-order valence-electron chi connectivity index (χ2n) is 2.58. The summed E-state index contributed by atoms with van der Waals surface area (Å²) in [5.74, 6) is -0.0619. The fourth-order valence-electron chi connectivity index (χ4n) is 0.939. The highest BCUT2D eigenvalue weighted by Gasteiger charge is 2.17. The lowest BCUT2D eigenvalue weighted by Gasteiger charge is -2.03. The Hall–Kier alpha value is -1.25. The summed E-state index contributed by atoms with van der Waals surface area (Å²) in [6, 6.07) is 4.35. The average molecular weight is 232 g/mol. The lowest BCUT2D eigenvalue weighted by Crippen LogP contribution is -1.96. The largest absolute Gasteiger partial charge is 0.387 e. The van der Waals surface area contributed by atoms with Crippen LogP contribution in [0.5, 0.6) is 5.75 Å². The van der Waals surface area contributed by atoms with Crippen molar-refractivity contribution >= 4 is 19.7 Å². The van der Waals surface area contributed by atoms with E-state index in [9.17, 15) is 8.42 Å². The average Bonchev–Trinajstić information content (AvgIpc) is 2.07. The van der Waals surface area contributed by atoms with Crippen LogP contribution in [-0.4, -0.2) is 8.42 Å². The van der Waals surface area contributed by atoms with Crippen LogP contribution in [0.2, 0.25) is 0 Å². The van der Waals surface area contributed by atoms with Gasteiger partial charge in [-0.25, -0.2) is 8.42 Å². The summed E-state index contributed by atoms with van der Waals surface area (Å²) in [6.45, 7) is 1.71. The van der Waals surface area contributed by atoms with E-state index >= 15 is 0 Å². The van der Waals surface area contributed by atoms with E-state index in [1.165, 1.54) is 18.4 Å². The maximum Gasteiger partial charge on any atom is 0.292 e. The molecule has 0 saturated heterocycles. The van der Waals surface area contributed by atoms with Crippen molar-refractivity contribution in [1.29, 1.82) is 5.26 Å². The van der Waals surface area contributed by atoms with Gasteiger partial charge in [0.2, 0.25) is 0 Å². The summed E-state index contributed by atoms with van der Waals surface area (Å²) >= 11 is 0. The molecule has 0 saturated carbocycles. The molecular weight excluding hydrogens is 226 g/mol. The smallest absolute Gasteiger partial charge is 0.292 e. The Morgan fingerprint density at radius 3 is 2.64 bits per heavy atom. The number of rotatable bonds is 2. The summed E-state index contributed by atoms with van der Waals surface area (Å²) in [6.07, 6.45) is 1.39. The molecule has 6 heteroatoms. The third kappa shape index (κ3) is 2.37. The highest BCUT2D eigenvalue weighted by Crippen LogP contribution is 2.27. The maximum absolute atomic E-state index is 11.1. The van der Waals surface area contributed by atoms with Crippen molar-refractivity contribution in [1.82, 2.24) is 0 Å². The van der Waals surface area contributed by atoms with Gasteiger partial charge in [0.1, 0.15) is 4.90 Å². The van der Waals surface area contributed by atoms with Crippen LogP contribution < -0.4 is 4.74 Å². The molecule has 0 aliphatic heterocycles. The van der Waals surface area contributed by atoms with Gasteiger partial charge in [0.05, 0.1) is 0 Å². The van der Waals surface area contributed by atoms with E-state index in [4.69, 9.17) is 15.9 Å². The van der Waals surface area contributed by atoms with Crippen LogP contribution in [0.25, 0.3) is 0 Å². The van der Waals surface area contributed by atoms with E-state index in [2.05, 4.69) is 4.74 Å². The summed E-state index contributed by atoms with van der Waals surface area (Å²) in [5, 5.41) is 8.27. The van der Waals surface area contributed by atoms with Crippen LogP contribution in [0.3, 0.4) is 0 Å². The predicted octanol–water partition coefficient (Wildman–Crippen LogP) is 1.78. The van der Waals surface area contributed by atoms with Gasteiger partial charge in [-0.2, -0.15) is 0 Å². The molecule has 1 aromatic rings. The number of nitrogens with zero attached hydrogens (tertiary/aromatic N) is 1. The standard InChI is InChI=1S/C8H6ClNO3S/c1-6-2-3-7(13-5-10)8(4-6)14(9,11)12/h2-4H,1H3. The number of benzene rings is 1. The topological polar surface area (TPSA) is 67.2 Å². The Bertz CT molecular complexity index is 490. The van der Waals surface area contributed by atoms with Gasteiger partial charge < -0.3 is 4.74 Å². The second kappa shape index (κ2) is 3.86. The number of aryl methyl sites for hydroxylation is 1. The molecular formula is C8H6ClNO3S. The lowest BCUT2D eigenvalue weighted by atomic mass is 10.2. The van der Waals surface area contributed by atoms with Crippen LogP contribution >= 0.6 is 10.7 Å². The molecule has 1 rings (SSSR count). The Balaban J connectivity index is 3.39. The Morgan fingerprint density at radius 1 is 1.50 bits per heavy atom. The summed E-state index contributed by atoms with van der Waals surface area (Å²) in [4.78, 5) is -0.194. The molecule has 0 aliphatic rings. The van der Waals surface area contributed by atoms with E-state index < -0.39 is 9.05 Å². The van der Waals surface area contributed by atoms with Gasteiger partial charge in [0.25, 0.3) is 15.3 Å². The fourth-order valence-corrected chi connectivity index (χ4v) is 1.98. The van der Waals surface area contributed by atoms with Crippen molar-refractivity contribution in [3.05, 3.63) is 23.8 Å². The maximum atomic E-state index is 11.1. The molecule has 0 atom stereocenters. The molecule has 4 nitrogen and oxygen atoms in total. The SMILES string of the molecule is Cc1ccc(OC#N)c(S(=O)(=O)Cl)c1. The Morgan fingerprint density at radius 2 is 2.14 bits per heavy atom. The molecule has 0 N–H and O–H groups in total. The summed E-state index contributed by atoms with van der Waals surface area (Å²) in [5.41, 5.74) is 0.717. The number of ether oxygens (including phenoxy) is 1. The third-order valence-electron chi connectivity index (χ3n) is 1.52. The van der Waals surface area contributed by atoms with Gasteiger partial charge in [0, 0.05) is 10.7 Å². The van der Waals surface area contributed by atoms with Crippen LogP contribution in [0.1, 0.15) is 5.56 Å². The molecule has 0 unspecified atom stereocenters. The molecule has 0 fully saturated rings. The number of nitriles is 1. The first-order valence-electron chi connectivity index (χ1n) is 3.56. The first-order valence-corrected chi connectivity index (χ1v) is 5.87. The van der Waals surface area contributed by atoms with E-state index in [1.54, 1.807) is 13.0 Å². The second-order valence-corrected chi connectivity index (χ2v) is 5.12. The molecule has 74 valence electrons. The lowest BCUT2D eigenvalue weighted by molar-refractivity contribution is 0.491. The van der Waals surface area contributed by atoms with Gasteiger partial charge in [-0.1, -0.05) is 6.07 Å². The molecule has 0 bridgehead atoms. The molecule has 0 amide bonds. The van der Waals surface area contributed by atoms with Crippen LogP contribution in [0, 0.1) is 18.4 Å². The van der Waals surface area contributed by atoms with Crippen molar-refractivity contribution in [2.75, 3.05) is 0 Å². The zero-order valence-electron chi connectivity index (χ0n) is 7.19. The minimum absolute atomic E-state index is 0.0619. The van der Waals surface area contributed by atoms with E-state index in [1.807, 2.05) is 0 Å². The van der Waals surface area contributed by atoms with Gasteiger partial charge in [0.15, 0.2) is 5.75 Å². The number of hydrogen-bond donors (Lipinski definition) is 0. The summed E-state index contributed by atoms with van der Waals surface area (Å²) < 4.78 is 26.6. The highest BCUT2D eigenvalue weighted by molar-refractivity contribution is 8.13. The highest BCUT2D eigenvalue weighted by atomic mass is 35.7. The van der Waals surface area contributed by atoms with Crippen molar-refractivity contribution in [2.24, 2.45) is 0 Å². The van der Waals surface area contributed by atoms with E-state index in [0.29, 0.717) is 0 Å². The first-order chi connectivity index (χ1) is 6.45. The molecule has 1 aromatic carbocycles. The van der Waals surface area contributed by atoms with Crippen molar-refractivity contribution in [2.45, 2.75) is 11.8 Å². The molecule has 0 aromatic heterocycles. The third-order valence-corrected chi connectivity index (χ3v) is 2.86. The molecule has 14 heavy (non-hydrogen) atoms. The zero-order valence-corrected chi connectivity index (χ0v) is 8.76. The Labute approximate surface area is 86.1 Å². The first kappa shape index (κ1) is 10.8. The number of halogens is 1. The van der Waals surface area contributed by atoms with Crippen LogP contribution in [0.15, 0.2) is 23.1 Å². The molecule has 0 aliphatic carbocycles. The minimum atomic E-state index is -3.88. The normalized spacial score (nSPS) is 10.6. The van der Waals surface area contributed by atoms with Gasteiger partial charge in [-0.15, -0.1) is 5.26 Å².